The summed E-state index contributed by atoms with van der Waals surface area (Å²) < 4.78 is 17.2. The number of nitro benzene ring substituents is 1. The first-order chi connectivity index (χ1) is 19.5. The number of hydrogen-bond acceptors (Lipinski definition) is 9. The second-order valence-electron chi connectivity index (χ2n) is 9.34. The molecule has 1 heterocycles. The zero-order valence-corrected chi connectivity index (χ0v) is 24.6. The Morgan fingerprint density at radius 3 is 2.59 bits per heavy atom. The molecule has 0 radical (unpaired) electrons. The first-order valence-electron chi connectivity index (χ1n) is 12.5. The van der Waals surface area contributed by atoms with E-state index in [1.807, 2.05) is 32.9 Å². The van der Waals surface area contributed by atoms with E-state index in [1.54, 1.807) is 31.4 Å². The van der Waals surface area contributed by atoms with Gasteiger partial charge in [-0.3, -0.25) is 14.9 Å². The predicted octanol–water partition coefficient (Wildman–Crippen LogP) is 5.61. The molecule has 41 heavy (non-hydrogen) atoms. The Kier molecular flexibility index (Phi) is 8.82. The molecule has 3 aromatic carbocycles. The smallest absolute Gasteiger partial charge is 0.343 e. The van der Waals surface area contributed by atoms with Crippen molar-refractivity contribution in [3.05, 3.63) is 90.2 Å². The van der Waals surface area contributed by atoms with Gasteiger partial charge >= 0.3 is 11.7 Å². The van der Waals surface area contributed by atoms with Gasteiger partial charge in [-0.2, -0.15) is 9.78 Å². The van der Waals surface area contributed by atoms with E-state index in [2.05, 4.69) is 25.8 Å². The molecule has 1 aromatic heterocycles. The van der Waals surface area contributed by atoms with Crippen molar-refractivity contribution in [2.75, 3.05) is 20.8 Å². The van der Waals surface area contributed by atoms with Crippen LogP contribution < -0.4 is 15.0 Å². The van der Waals surface area contributed by atoms with Crippen LogP contribution in [-0.2, 0) is 9.53 Å². The lowest BCUT2D eigenvalue weighted by atomic mass is 9.96. The molecule has 0 atom stereocenters. The molecule has 0 fully saturated rings. The van der Waals surface area contributed by atoms with Crippen molar-refractivity contribution in [3.8, 4) is 22.9 Å². The van der Waals surface area contributed by atoms with Gasteiger partial charge in [0.15, 0.2) is 12.4 Å². The fourth-order valence-electron chi connectivity index (χ4n) is 4.27. The third-order valence-electron chi connectivity index (χ3n) is 6.33. The average Bonchev–Trinajstić information content (AvgIpc) is 2.95. The number of carbonyl (C=O) groups excluding carboxylic acids is 1. The molecule has 0 saturated carbocycles. The number of nitro groups is 1. The van der Waals surface area contributed by atoms with Crippen molar-refractivity contribution < 1.29 is 23.9 Å². The molecule has 0 aliphatic rings. The summed E-state index contributed by atoms with van der Waals surface area (Å²) in [5.41, 5.74) is 2.18. The zero-order valence-electron chi connectivity index (χ0n) is 23.0. The average molecular weight is 623 g/mol. The number of para-hydroxylation sites is 1. The van der Waals surface area contributed by atoms with Crippen LogP contribution in [0.5, 0.6) is 11.5 Å². The fourth-order valence-corrected chi connectivity index (χ4v) is 4.73. The summed E-state index contributed by atoms with van der Waals surface area (Å²) in [6.07, 6.45) is 1.26. The number of nitrogens with zero attached hydrogens (tertiary/aromatic N) is 4. The lowest BCUT2D eigenvalue weighted by Crippen LogP contribution is -2.21. The summed E-state index contributed by atoms with van der Waals surface area (Å²) in [7, 11) is 2.78. The number of halogens is 1. The minimum absolute atomic E-state index is 0.116. The molecule has 0 unspecified atom stereocenters. The maximum absolute atomic E-state index is 13.8. The number of fused-ring (bicyclic) bond motifs is 1. The Balaban J connectivity index is 1.98. The van der Waals surface area contributed by atoms with Gasteiger partial charge in [0.05, 0.1) is 36.3 Å². The van der Waals surface area contributed by atoms with Gasteiger partial charge in [0.2, 0.25) is 5.75 Å². The number of aryl methyl sites for hydroxylation is 1. The molecule has 0 spiro atoms. The Bertz CT molecular complexity index is 1750. The zero-order chi connectivity index (χ0) is 29.8. The van der Waals surface area contributed by atoms with Gasteiger partial charge in [-0.25, -0.2) is 9.78 Å². The molecule has 4 aromatic rings. The third kappa shape index (κ3) is 6.12. The van der Waals surface area contributed by atoms with Gasteiger partial charge in [-0.1, -0.05) is 41.9 Å². The molecular formula is C29H27BrN4O7. The highest BCUT2D eigenvalue weighted by Gasteiger charge is 2.23. The summed E-state index contributed by atoms with van der Waals surface area (Å²) >= 11 is 3.27. The lowest BCUT2D eigenvalue weighted by Gasteiger charge is -2.17. The number of carbonyl (C=O) groups is 1. The molecule has 4 rings (SSSR count). The van der Waals surface area contributed by atoms with Crippen LogP contribution >= 0.6 is 15.9 Å². The quantitative estimate of drug-likeness (QED) is 0.102. The van der Waals surface area contributed by atoms with Gasteiger partial charge in [0, 0.05) is 21.7 Å². The van der Waals surface area contributed by atoms with Gasteiger partial charge in [0.25, 0.3) is 5.56 Å². The van der Waals surface area contributed by atoms with E-state index < -0.39 is 28.7 Å². The second kappa shape index (κ2) is 12.3. The molecule has 0 aliphatic heterocycles. The van der Waals surface area contributed by atoms with Crippen LogP contribution in [0, 0.1) is 17.0 Å². The van der Waals surface area contributed by atoms with E-state index in [0.29, 0.717) is 26.7 Å². The van der Waals surface area contributed by atoms with Crippen LogP contribution in [0.25, 0.3) is 22.3 Å². The highest BCUT2D eigenvalue weighted by molar-refractivity contribution is 9.10. The Morgan fingerprint density at radius 1 is 1.20 bits per heavy atom. The third-order valence-corrected chi connectivity index (χ3v) is 6.79. The molecule has 0 saturated heterocycles. The number of aromatic nitrogens is 2. The summed E-state index contributed by atoms with van der Waals surface area (Å²) in [5.74, 6) is 0.170. The van der Waals surface area contributed by atoms with E-state index in [1.165, 1.54) is 25.5 Å². The number of hydrogen-bond donors (Lipinski definition) is 0. The fraction of sp³-hybridized carbons (Fsp3) is 0.241. The topological polar surface area (TPSA) is 135 Å². The monoisotopic (exact) mass is 622 g/mol. The molecule has 0 bridgehead atoms. The van der Waals surface area contributed by atoms with Crippen molar-refractivity contribution in [1.82, 2.24) is 9.66 Å². The maximum atomic E-state index is 13.8. The summed E-state index contributed by atoms with van der Waals surface area (Å²) in [6.45, 7) is 5.39. The molecule has 0 aliphatic carbocycles. The van der Waals surface area contributed by atoms with Crippen LogP contribution in [0.4, 0.5) is 5.69 Å². The SMILES string of the molecule is COC(=O)COc1c(C=Nn2c(-c3cc(C(C)C)c(OC)cc3C)nc3ccccc3c2=O)cc(Br)cc1[N+](=O)[O-]. The summed E-state index contributed by atoms with van der Waals surface area (Å²) in [6, 6.07) is 13.5. The van der Waals surface area contributed by atoms with Crippen LogP contribution in [0.15, 0.2) is 62.9 Å². The second-order valence-corrected chi connectivity index (χ2v) is 10.3. The Hall–Kier alpha value is -4.58. The maximum Gasteiger partial charge on any atom is 0.343 e. The van der Waals surface area contributed by atoms with Crippen LogP contribution in [0.1, 0.15) is 36.5 Å². The molecule has 0 N–H and O–H groups in total. The van der Waals surface area contributed by atoms with Gasteiger partial charge in [0.1, 0.15) is 5.75 Å². The van der Waals surface area contributed by atoms with E-state index in [9.17, 15) is 19.7 Å². The van der Waals surface area contributed by atoms with Crippen LogP contribution in [-0.4, -0.2) is 47.6 Å². The van der Waals surface area contributed by atoms with Crippen molar-refractivity contribution in [2.24, 2.45) is 5.10 Å². The van der Waals surface area contributed by atoms with Gasteiger partial charge < -0.3 is 14.2 Å². The minimum Gasteiger partial charge on any atom is -0.496 e. The van der Waals surface area contributed by atoms with Gasteiger partial charge in [-0.15, -0.1) is 0 Å². The van der Waals surface area contributed by atoms with Crippen molar-refractivity contribution in [3.63, 3.8) is 0 Å². The highest BCUT2D eigenvalue weighted by atomic mass is 79.9. The van der Waals surface area contributed by atoms with E-state index in [0.717, 1.165) is 15.8 Å². The molecular weight excluding hydrogens is 596 g/mol. The molecule has 0 amide bonds. The van der Waals surface area contributed by atoms with Crippen molar-refractivity contribution in [2.45, 2.75) is 26.7 Å². The van der Waals surface area contributed by atoms with Crippen molar-refractivity contribution >= 4 is 44.7 Å². The molecule has 11 nitrogen and oxygen atoms in total. The van der Waals surface area contributed by atoms with E-state index >= 15 is 0 Å². The predicted molar refractivity (Wildman–Crippen MR) is 158 cm³/mol. The van der Waals surface area contributed by atoms with E-state index in [-0.39, 0.29) is 23.1 Å². The number of ether oxygens (including phenoxy) is 3. The van der Waals surface area contributed by atoms with Crippen LogP contribution in [0.2, 0.25) is 0 Å². The first-order valence-corrected chi connectivity index (χ1v) is 13.3. The normalized spacial score (nSPS) is 11.3. The summed E-state index contributed by atoms with van der Waals surface area (Å²) in [4.78, 5) is 41.4. The number of methoxy groups -OCH3 is 2. The summed E-state index contributed by atoms with van der Waals surface area (Å²) in [5, 5.41) is 16.6. The Labute approximate surface area is 243 Å². The number of benzene rings is 3. The number of rotatable bonds is 9. The molecule has 212 valence electrons. The lowest BCUT2D eigenvalue weighted by molar-refractivity contribution is -0.385. The van der Waals surface area contributed by atoms with E-state index in [4.69, 9.17) is 14.5 Å². The molecule has 12 heteroatoms. The highest BCUT2D eigenvalue weighted by Crippen LogP contribution is 2.35. The van der Waals surface area contributed by atoms with Gasteiger partial charge in [-0.05, 0) is 54.3 Å². The number of esters is 1. The standard InChI is InChI=1S/C29H27BrN4O7/c1-16(2)21-13-22(17(3)10-25(21)39-4)28-32-23-9-7-6-8-20(23)29(36)33(28)31-14-18-11-19(30)12-24(34(37)38)27(18)41-15-26(35)40-5/h6-14,16H,15H2,1-5H3. The Morgan fingerprint density at radius 2 is 1.93 bits per heavy atom. The largest absolute Gasteiger partial charge is 0.496 e. The first kappa shape index (κ1) is 29.4. The minimum atomic E-state index is -0.724. The van der Waals surface area contributed by atoms with Crippen molar-refractivity contribution in [1.29, 1.82) is 0 Å². The van der Waals surface area contributed by atoms with Crippen LogP contribution in [0.3, 0.4) is 0 Å².